The SMILES string of the molecule is C=CC1C[C@]1(NC(=O)[C@@H]1C[C@@H]2CN1C(=O)[C@H](C1CCCCC1)NC(=O)N1CCC[C@H](C1)OCCCCC(C)c1cc3c(cc(OCC)nc3cc1OC)O2)C(=O)NS(=O)(=O)C1CC1. The number of methoxy groups -OCH3 is 1. The zero-order chi connectivity index (χ0) is 44.5. The van der Waals surface area contributed by atoms with Gasteiger partial charge in [-0.3, -0.25) is 19.1 Å². The Hall–Kier alpha value is -4.64. The van der Waals surface area contributed by atoms with Crippen LogP contribution in [0.5, 0.6) is 17.4 Å². The van der Waals surface area contributed by atoms with Gasteiger partial charge in [0.15, 0.2) is 0 Å². The molecule has 5 fully saturated rings. The molecule has 3 aliphatic carbocycles. The second-order valence-electron chi connectivity index (χ2n) is 18.5. The van der Waals surface area contributed by atoms with Crippen LogP contribution in [0.15, 0.2) is 30.9 Å². The number of carbonyl (C=O) groups excluding carboxylic acids is 4. The van der Waals surface area contributed by atoms with E-state index in [1.54, 1.807) is 18.1 Å². The van der Waals surface area contributed by atoms with Crippen LogP contribution in [0.4, 0.5) is 4.79 Å². The quantitative estimate of drug-likeness (QED) is 0.269. The Labute approximate surface area is 370 Å². The molecule has 5 amide bonds. The molecule has 4 heterocycles. The second kappa shape index (κ2) is 18.8. The van der Waals surface area contributed by atoms with E-state index in [1.165, 1.54) is 11.0 Å². The van der Waals surface area contributed by atoms with Crippen molar-refractivity contribution in [2.45, 2.75) is 145 Å². The minimum atomic E-state index is -3.92. The Balaban J connectivity index is 1.17. The summed E-state index contributed by atoms with van der Waals surface area (Å²) in [7, 11) is -2.28. The molecule has 0 radical (unpaired) electrons. The number of piperidine rings is 1. The van der Waals surface area contributed by atoms with Crippen molar-refractivity contribution in [1.29, 1.82) is 0 Å². The Morgan fingerprint density at radius 2 is 1.79 bits per heavy atom. The van der Waals surface area contributed by atoms with Crippen molar-refractivity contribution in [3.05, 3.63) is 36.4 Å². The lowest BCUT2D eigenvalue weighted by Gasteiger charge is -2.37. The third-order valence-corrected chi connectivity index (χ3v) is 15.8. The Bertz CT molecular complexity index is 2180. The van der Waals surface area contributed by atoms with Crippen molar-refractivity contribution in [1.82, 2.24) is 30.1 Å². The first-order valence-corrected chi connectivity index (χ1v) is 24.7. The third-order valence-electron chi connectivity index (χ3n) is 14.0. The fourth-order valence-electron chi connectivity index (χ4n) is 10.1. The molecule has 2 aromatic rings. The molecule has 7 atom stereocenters. The maximum Gasteiger partial charge on any atom is 0.318 e. The van der Waals surface area contributed by atoms with Gasteiger partial charge in [0.05, 0.1) is 37.1 Å². The van der Waals surface area contributed by atoms with Gasteiger partial charge in [-0.15, -0.1) is 6.58 Å². The summed E-state index contributed by atoms with van der Waals surface area (Å²) < 4.78 is 53.1. The van der Waals surface area contributed by atoms with E-state index in [1.807, 2.05) is 19.1 Å². The summed E-state index contributed by atoms with van der Waals surface area (Å²) in [5.41, 5.74) is 0.0282. The van der Waals surface area contributed by atoms with Gasteiger partial charge < -0.3 is 39.4 Å². The molecule has 8 rings (SSSR count). The number of nitrogens with zero attached hydrogens (tertiary/aromatic N) is 3. The molecule has 0 spiro atoms. The number of hydrogen-bond acceptors (Lipinski definition) is 11. The highest BCUT2D eigenvalue weighted by atomic mass is 32.2. The lowest BCUT2D eigenvalue weighted by atomic mass is 9.83. The van der Waals surface area contributed by atoms with Gasteiger partial charge in [0.2, 0.25) is 27.7 Å². The van der Waals surface area contributed by atoms with Crippen molar-refractivity contribution in [2.75, 3.05) is 40.0 Å². The Kier molecular flexibility index (Phi) is 13.4. The lowest BCUT2D eigenvalue weighted by Crippen LogP contribution is -2.60. The molecule has 1 aromatic heterocycles. The van der Waals surface area contributed by atoms with E-state index < -0.39 is 62.6 Å². The van der Waals surface area contributed by atoms with Gasteiger partial charge in [0, 0.05) is 49.6 Å². The van der Waals surface area contributed by atoms with Crippen LogP contribution in [-0.2, 0) is 29.1 Å². The maximum absolute atomic E-state index is 15.2. The average molecular weight is 893 g/mol. The summed E-state index contributed by atoms with van der Waals surface area (Å²) >= 11 is 0. The first kappa shape index (κ1) is 44.9. The summed E-state index contributed by atoms with van der Waals surface area (Å²) in [6.45, 7) is 9.76. The molecule has 63 heavy (non-hydrogen) atoms. The van der Waals surface area contributed by atoms with E-state index in [2.05, 4.69) is 28.9 Å². The molecule has 1 aromatic carbocycles. The second-order valence-corrected chi connectivity index (χ2v) is 20.4. The molecule has 17 heteroatoms. The smallest absolute Gasteiger partial charge is 0.318 e. The fourth-order valence-corrected chi connectivity index (χ4v) is 11.5. The number of pyridine rings is 1. The van der Waals surface area contributed by atoms with Gasteiger partial charge in [0.25, 0.3) is 5.91 Å². The number of fused-ring (bicyclic) bond motifs is 5. The largest absolute Gasteiger partial charge is 0.496 e. The van der Waals surface area contributed by atoms with Crippen molar-refractivity contribution < 1.29 is 46.5 Å². The molecule has 6 bridgehead atoms. The van der Waals surface area contributed by atoms with Gasteiger partial charge in [-0.2, -0.15) is 0 Å². The molecule has 3 saturated carbocycles. The number of nitrogens with one attached hydrogen (secondary N) is 3. The van der Waals surface area contributed by atoms with Gasteiger partial charge >= 0.3 is 6.03 Å². The predicted octanol–water partition coefficient (Wildman–Crippen LogP) is 5.09. The van der Waals surface area contributed by atoms with Crippen LogP contribution in [0.2, 0.25) is 0 Å². The van der Waals surface area contributed by atoms with E-state index in [9.17, 15) is 22.8 Å². The first-order valence-electron chi connectivity index (χ1n) is 23.1. The highest BCUT2D eigenvalue weighted by Crippen LogP contribution is 2.46. The summed E-state index contributed by atoms with van der Waals surface area (Å²) in [5.74, 6) is -0.915. The van der Waals surface area contributed by atoms with Crippen molar-refractivity contribution in [2.24, 2.45) is 11.8 Å². The molecular formula is C46H64N6O10S. The molecule has 2 unspecified atom stereocenters. The summed E-state index contributed by atoms with van der Waals surface area (Å²) in [4.78, 5) is 66.0. The van der Waals surface area contributed by atoms with E-state index >= 15 is 4.79 Å². The summed E-state index contributed by atoms with van der Waals surface area (Å²) in [6.07, 6.45) is 10.4. The van der Waals surface area contributed by atoms with Gasteiger partial charge in [-0.05, 0) is 88.2 Å². The van der Waals surface area contributed by atoms with E-state index in [-0.39, 0.29) is 43.4 Å². The van der Waals surface area contributed by atoms with Crippen molar-refractivity contribution >= 4 is 44.7 Å². The molecular weight excluding hydrogens is 829 g/mol. The van der Waals surface area contributed by atoms with E-state index in [0.29, 0.717) is 67.4 Å². The number of rotatable bonds is 10. The van der Waals surface area contributed by atoms with Gasteiger partial charge in [-0.25, -0.2) is 18.2 Å². The molecule has 3 N–H and O–H groups in total. The number of ether oxygens (including phenoxy) is 4. The Morgan fingerprint density at radius 1 is 1.02 bits per heavy atom. The van der Waals surface area contributed by atoms with Crippen LogP contribution in [0.3, 0.4) is 0 Å². The van der Waals surface area contributed by atoms with Crippen LogP contribution >= 0.6 is 0 Å². The van der Waals surface area contributed by atoms with Crippen LogP contribution in [0, 0.1) is 11.8 Å². The average Bonchev–Trinajstić information content (AvgIpc) is 4.21. The lowest BCUT2D eigenvalue weighted by molar-refractivity contribution is -0.142. The number of amides is 5. The van der Waals surface area contributed by atoms with Crippen LogP contribution < -0.4 is 29.6 Å². The van der Waals surface area contributed by atoms with Crippen LogP contribution in [0.25, 0.3) is 10.9 Å². The molecule has 6 aliphatic rings. The first-order chi connectivity index (χ1) is 30.3. The minimum Gasteiger partial charge on any atom is -0.496 e. The van der Waals surface area contributed by atoms with Gasteiger partial charge in [-0.1, -0.05) is 38.7 Å². The number of urea groups is 1. The van der Waals surface area contributed by atoms with Gasteiger partial charge in [0.1, 0.15) is 35.2 Å². The summed E-state index contributed by atoms with van der Waals surface area (Å²) in [6, 6.07) is 3.28. The number of aromatic nitrogens is 1. The van der Waals surface area contributed by atoms with Crippen molar-refractivity contribution in [3.63, 3.8) is 0 Å². The van der Waals surface area contributed by atoms with Crippen LogP contribution in [0.1, 0.15) is 115 Å². The van der Waals surface area contributed by atoms with E-state index in [4.69, 9.17) is 23.9 Å². The monoisotopic (exact) mass is 892 g/mol. The number of benzene rings is 1. The molecule has 16 nitrogen and oxygen atoms in total. The highest BCUT2D eigenvalue weighted by Gasteiger charge is 2.62. The van der Waals surface area contributed by atoms with Crippen LogP contribution in [-0.4, -0.2) is 122 Å². The highest BCUT2D eigenvalue weighted by molar-refractivity contribution is 7.91. The number of hydrogen-bond donors (Lipinski definition) is 3. The molecule has 344 valence electrons. The normalized spacial score (nSPS) is 29.8. The predicted molar refractivity (Wildman–Crippen MR) is 235 cm³/mol. The maximum atomic E-state index is 15.2. The van der Waals surface area contributed by atoms with E-state index in [0.717, 1.165) is 69.8 Å². The topological polar surface area (TPSA) is 195 Å². The number of sulfonamides is 1. The fraction of sp³-hybridized carbons (Fsp3) is 0.674. The molecule has 3 aliphatic heterocycles. The zero-order valence-corrected chi connectivity index (χ0v) is 37.7. The third kappa shape index (κ3) is 9.74. The minimum absolute atomic E-state index is 0.00296. The molecule has 2 saturated heterocycles. The standard InChI is InChI=1S/C46H64N6O10S/c1-5-30-25-46(30,44(55)50-63(57,58)33-17-18-33)49-42(53)37-21-32-27-52(37)43(54)41(29-14-8-7-9-15-29)48-45(56)51-19-12-16-31(26-51)61-20-11-10-13-28(3)34-22-35-36(23-38(34)59-4)47-40(60-6-2)24-39(35)62-32/h5,22-24,28-33,37,41H,1,6-21,25-27H2,2-4H3,(H,48,56)(H,49,53)(H,50,55)/t28?,30?,31-,32-,37+,41+,46-/m1/s1. The Morgan fingerprint density at radius 3 is 2.51 bits per heavy atom. The van der Waals surface area contributed by atoms with Crippen molar-refractivity contribution in [3.8, 4) is 17.4 Å². The summed E-state index contributed by atoms with van der Waals surface area (Å²) in [5, 5.41) is 6.12. The zero-order valence-electron chi connectivity index (χ0n) is 36.9. The number of carbonyl (C=O) groups is 4.